The molecule has 0 bridgehead atoms. The maximum Gasteiger partial charge on any atom is 0.214 e. The molecule has 2 aliphatic carbocycles. The highest BCUT2D eigenvalue weighted by Gasteiger charge is 2.43. The van der Waals surface area contributed by atoms with Crippen LogP contribution in [0.1, 0.15) is 51.3 Å². The van der Waals surface area contributed by atoms with Crippen molar-refractivity contribution in [3.8, 4) is 0 Å². The molecule has 0 aliphatic heterocycles. The van der Waals surface area contributed by atoms with Crippen LogP contribution in [0.2, 0.25) is 0 Å². The predicted octanol–water partition coefficient (Wildman–Crippen LogP) is 2.21. The van der Waals surface area contributed by atoms with Crippen molar-refractivity contribution in [2.75, 3.05) is 0 Å². The summed E-state index contributed by atoms with van der Waals surface area (Å²) in [6, 6.07) is 1.94. The number of hydrogen-bond donors (Lipinski definition) is 2. The van der Waals surface area contributed by atoms with E-state index in [0.29, 0.717) is 11.8 Å². The van der Waals surface area contributed by atoms with Gasteiger partial charge in [-0.15, -0.1) is 10.2 Å². The molecule has 5 rings (SSSR count). The van der Waals surface area contributed by atoms with Crippen molar-refractivity contribution >= 4 is 26.8 Å². The molecule has 0 unspecified atom stereocenters. The second-order valence-corrected chi connectivity index (χ2v) is 10.3. The van der Waals surface area contributed by atoms with E-state index >= 15 is 0 Å². The van der Waals surface area contributed by atoms with Crippen LogP contribution in [-0.2, 0) is 10.0 Å². The molecule has 8 nitrogen and oxygen atoms in total. The van der Waals surface area contributed by atoms with E-state index in [9.17, 15) is 8.42 Å². The Kier molecular flexibility index (Phi) is 3.80. The Bertz CT molecular complexity index is 1100. The molecule has 0 saturated heterocycles. The number of sulfonamides is 1. The molecule has 27 heavy (non-hydrogen) atoms. The number of fused-ring (bicyclic) bond motifs is 3. The topological polar surface area (TPSA) is 105 Å². The fourth-order valence-corrected chi connectivity index (χ4v) is 6.15. The summed E-state index contributed by atoms with van der Waals surface area (Å²) in [6.07, 6.45) is 6.75. The number of aromatic amines is 1. The minimum atomic E-state index is -3.19. The summed E-state index contributed by atoms with van der Waals surface area (Å²) in [4.78, 5) is 7.52. The van der Waals surface area contributed by atoms with Gasteiger partial charge in [0.25, 0.3) is 0 Å². The molecule has 2 aliphatic rings. The number of hydrogen-bond acceptors (Lipinski definition) is 5. The van der Waals surface area contributed by atoms with Gasteiger partial charge in [-0.05, 0) is 43.6 Å². The van der Waals surface area contributed by atoms with E-state index in [-0.39, 0.29) is 17.2 Å². The Morgan fingerprint density at radius 2 is 2.07 bits per heavy atom. The number of nitrogens with zero attached hydrogens (tertiary/aromatic N) is 4. The summed E-state index contributed by atoms with van der Waals surface area (Å²) in [5.41, 5.74) is 2.48. The average Bonchev–Trinajstić information content (AvgIpc) is 3.05. The van der Waals surface area contributed by atoms with Crippen LogP contribution < -0.4 is 4.72 Å². The lowest BCUT2D eigenvalue weighted by Gasteiger charge is -2.21. The third kappa shape index (κ3) is 2.84. The molecule has 0 aromatic carbocycles. The van der Waals surface area contributed by atoms with Gasteiger partial charge in [0.1, 0.15) is 5.82 Å². The second-order valence-electron chi connectivity index (χ2n) is 8.27. The van der Waals surface area contributed by atoms with Gasteiger partial charge in [-0.3, -0.25) is 4.40 Å². The fourth-order valence-electron chi connectivity index (χ4n) is 4.55. The van der Waals surface area contributed by atoms with Crippen LogP contribution in [-0.4, -0.2) is 44.3 Å². The molecule has 2 fully saturated rings. The van der Waals surface area contributed by atoms with E-state index < -0.39 is 10.0 Å². The zero-order valence-electron chi connectivity index (χ0n) is 15.5. The van der Waals surface area contributed by atoms with Crippen LogP contribution >= 0.6 is 0 Å². The molecule has 3 aromatic rings. The predicted molar refractivity (Wildman–Crippen MR) is 102 cm³/mol. The van der Waals surface area contributed by atoms with E-state index in [4.69, 9.17) is 0 Å². The first-order chi connectivity index (χ1) is 12.9. The smallest absolute Gasteiger partial charge is 0.214 e. The molecule has 0 spiro atoms. The van der Waals surface area contributed by atoms with E-state index in [0.717, 1.165) is 48.3 Å². The first-order valence-corrected chi connectivity index (χ1v) is 11.2. The molecule has 2 N–H and O–H groups in total. The van der Waals surface area contributed by atoms with E-state index in [2.05, 4.69) is 43.1 Å². The van der Waals surface area contributed by atoms with Gasteiger partial charge in [-0.2, -0.15) is 0 Å². The van der Waals surface area contributed by atoms with Crippen LogP contribution in [0.5, 0.6) is 0 Å². The van der Waals surface area contributed by atoms with Crippen LogP contribution in [0, 0.1) is 11.8 Å². The summed E-state index contributed by atoms with van der Waals surface area (Å²) in [5.74, 6) is 1.85. The highest BCUT2D eigenvalue weighted by molar-refractivity contribution is 7.90. The molecular formula is C18H24N6O2S. The molecular weight excluding hydrogens is 364 g/mol. The molecule has 2 saturated carbocycles. The molecule has 9 heteroatoms. The Labute approximate surface area is 157 Å². The van der Waals surface area contributed by atoms with Gasteiger partial charge in [0.15, 0.2) is 11.3 Å². The molecule has 3 atom stereocenters. The number of nitrogens with one attached hydrogen (secondary N) is 2. The molecule has 144 valence electrons. The lowest BCUT2D eigenvalue weighted by Crippen LogP contribution is -2.35. The highest BCUT2D eigenvalue weighted by Crippen LogP contribution is 2.44. The maximum atomic E-state index is 12.4. The van der Waals surface area contributed by atoms with Gasteiger partial charge in [0, 0.05) is 18.2 Å². The van der Waals surface area contributed by atoms with Crippen LogP contribution in [0.3, 0.4) is 0 Å². The summed E-state index contributed by atoms with van der Waals surface area (Å²) in [6.45, 7) is 4.40. The number of aromatic nitrogens is 5. The molecule has 3 aromatic heterocycles. The lowest BCUT2D eigenvalue weighted by atomic mass is 9.85. The van der Waals surface area contributed by atoms with Crippen molar-refractivity contribution < 1.29 is 8.42 Å². The van der Waals surface area contributed by atoms with Crippen molar-refractivity contribution in [2.45, 2.75) is 56.7 Å². The van der Waals surface area contributed by atoms with Crippen molar-refractivity contribution in [2.24, 2.45) is 11.8 Å². The highest BCUT2D eigenvalue weighted by atomic mass is 32.2. The van der Waals surface area contributed by atoms with Gasteiger partial charge < -0.3 is 4.98 Å². The zero-order valence-corrected chi connectivity index (χ0v) is 16.3. The quantitative estimate of drug-likeness (QED) is 0.697. The molecule has 0 radical (unpaired) electrons. The minimum Gasteiger partial charge on any atom is -0.345 e. The summed E-state index contributed by atoms with van der Waals surface area (Å²) in [5, 5.41) is 8.64. The van der Waals surface area contributed by atoms with Gasteiger partial charge in [0.2, 0.25) is 10.0 Å². The average molecular weight is 388 g/mol. The molecule has 3 heterocycles. The van der Waals surface area contributed by atoms with Crippen LogP contribution in [0.25, 0.3) is 16.8 Å². The third-order valence-electron chi connectivity index (χ3n) is 6.06. The van der Waals surface area contributed by atoms with Gasteiger partial charge in [-0.1, -0.05) is 13.8 Å². The molecule has 0 amide bonds. The van der Waals surface area contributed by atoms with Crippen molar-refractivity contribution in [1.82, 2.24) is 29.3 Å². The maximum absolute atomic E-state index is 12.4. The van der Waals surface area contributed by atoms with Crippen molar-refractivity contribution in [3.63, 3.8) is 0 Å². The van der Waals surface area contributed by atoms with E-state index in [1.807, 2.05) is 12.3 Å². The fraction of sp³-hybridized carbons (Fsp3) is 0.611. The first kappa shape index (κ1) is 17.1. The van der Waals surface area contributed by atoms with Crippen molar-refractivity contribution in [3.05, 3.63) is 24.3 Å². The third-order valence-corrected chi connectivity index (χ3v) is 8.07. The van der Waals surface area contributed by atoms with Gasteiger partial charge >= 0.3 is 0 Å². The zero-order chi connectivity index (χ0) is 18.8. The monoisotopic (exact) mass is 388 g/mol. The van der Waals surface area contributed by atoms with Crippen LogP contribution in [0.15, 0.2) is 18.5 Å². The van der Waals surface area contributed by atoms with Crippen molar-refractivity contribution in [1.29, 1.82) is 0 Å². The Hall–Kier alpha value is -2.00. The lowest BCUT2D eigenvalue weighted by molar-refractivity contribution is 0.345. The summed E-state index contributed by atoms with van der Waals surface area (Å²) >= 11 is 0. The normalized spacial score (nSPS) is 26.6. The Balaban J connectivity index is 1.53. The first-order valence-electron chi connectivity index (χ1n) is 9.62. The Morgan fingerprint density at radius 3 is 2.81 bits per heavy atom. The SMILES string of the molecule is CC(C)[C@H]1C[C@@H](NS(=O)(=O)C2CC2)C[C@@H]1c1nnc2cnc3[nH]ccc3n12. The van der Waals surface area contributed by atoms with E-state index in [1.165, 1.54) is 0 Å². The van der Waals surface area contributed by atoms with E-state index in [1.54, 1.807) is 6.20 Å². The largest absolute Gasteiger partial charge is 0.345 e. The van der Waals surface area contributed by atoms with Gasteiger partial charge in [-0.25, -0.2) is 18.1 Å². The minimum absolute atomic E-state index is 0.0381. The van der Waals surface area contributed by atoms with Gasteiger partial charge in [0.05, 0.1) is 17.0 Å². The number of H-pyrrole nitrogens is 1. The Morgan fingerprint density at radius 1 is 1.26 bits per heavy atom. The summed E-state index contributed by atoms with van der Waals surface area (Å²) in [7, 11) is -3.19. The standard InChI is InChI=1S/C18H24N6O2S/c1-10(2)13-7-11(23-27(25,26)12-3-4-12)8-14(13)18-22-21-16-9-20-17-15(24(16)18)5-6-19-17/h5-6,9-14,19,23H,3-4,7-8H2,1-2H3/t11-,13-,14+/m1/s1. The second kappa shape index (κ2) is 6.00. The van der Waals surface area contributed by atoms with Crippen LogP contribution in [0.4, 0.5) is 0 Å². The summed E-state index contributed by atoms with van der Waals surface area (Å²) < 4.78 is 29.9. The number of rotatable bonds is 5.